The lowest BCUT2D eigenvalue weighted by Crippen LogP contribution is -2.54. The third kappa shape index (κ3) is 4.32. The molecule has 0 aromatic heterocycles. The van der Waals surface area contributed by atoms with Crippen LogP contribution in [0.4, 0.5) is 10.5 Å². The van der Waals surface area contributed by atoms with Gasteiger partial charge in [-0.15, -0.1) is 4.40 Å². The first-order chi connectivity index (χ1) is 15.9. The number of fused-ring (bicyclic) bond motifs is 3. The van der Waals surface area contributed by atoms with Crippen molar-refractivity contribution in [3.05, 3.63) is 23.8 Å². The first-order valence-corrected chi connectivity index (χ1v) is 13.5. The molecule has 0 spiro atoms. The van der Waals surface area contributed by atoms with Gasteiger partial charge in [-0.25, -0.2) is 4.79 Å². The van der Waals surface area contributed by atoms with E-state index in [1.165, 1.54) is 12.5 Å². The summed E-state index contributed by atoms with van der Waals surface area (Å²) in [7, 11) is -3.83. The summed E-state index contributed by atoms with van der Waals surface area (Å²) in [6.45, 7) is 4.22. The van der Waals surface area contributed by atoms with Gasteiger partial charge in [-0.2, -0.15) is 8.42 Å². The number of sulfonamides is 1. The molecule has 0 bridgehead atoms. The Hall–Kier alpha value is -2.62. The maximum atomic E-state index is 13.2. The molecule has 10 heteroatoms. The summed E-state index contributed by atoms with van der Waals surface area (Å²) in [5.41, 5.74) is 0.969. The molecule has 4 aliphatic rings. The summed E-state index contributed by atoms with van der Waals surface area (Å²) in [5, 5.41) is 0. The van der Waals surface area contributed by atoms with Crippen molar-refractivity contribution in [2.45, 2.75) is 49.8 Å². The first kappa shape index (κ1) is 22.2. The number of carbonyl (C=O) groups is 2. The van der Waals surface area contributed by atoms with Crippen molar-refractivity contribution in [2.24, 2.45) is 4.40 Å². The monoisotopic (exact) mass is 473 g/mol. The van der Waals surface area contributed by atoms with Gasteiger partial charge in [0.2, 0.25) is 0 Å². The number of anilines is 1. The molecule has 3 amide bonds. The van der Waals surface area contributed by atoms with Crippen LogP contribution in [0.2, 0.25) is 0 Å². The lowest BCUT2D eigenvalue weighted by atomic mass is 10.1. The third-order valence-electron chi connectivity index (χ3n) is 7.06. The normalized spacial score (nSPS) is 22.7. The fraction of sp³-hybridized carbons (Fsp3) is 0.609. The summed E-state index contributed by atoms with van der Waals surface area (Å²) in [6.07, 6.45) is 6.89. The minimum Gasteiger partial charge on any atom is -0.335 e. The van der Waals surface area contributed by atoms with Crippen LogP contribution in [0.25, 0.3) is 0 Å². The molecule has 5 rings (SSSR count). The molecular formula is C23H31N5O4S. The number of amidine groups is 1. The number of likely N-dealkylation sites (tertiary alicyclic amines) is 1. The average Bonchev–Trinajstić information content (AvgIpc) is 3.08. The Morgan fingerprint density at radius 3 is 2.15 bits per heavy atom. The molecule has 0 saturated carbocycles. The smallest absolute Gasteiger partial charge is 0.320 e. The maximum Gasteiger partial charge on any atom is 0.320 e. The third-order valence-corrected chi connectivity index (χ3v) is 8.39. The Labute approximate surface area is 195 Å². The summed E-state index contributed by atoms with van der Waals surface area (Å²) in [5.74, 6) is 0.400. The molecule has 0 N–H and O–H groups in total. The molecule has 9 nitrogen and oxygen atoms in total. The Bertz CT molecular complexity index is 1070. The lowest BCUT2D eigenvalue weighted by Gasteiger charge is -2.38. The largest absolute Gasteiger partial charge is 0.335 e. The van der Waals surface area contributed by atoms with Crippen LogP contribution in [0, 0.1) is 0 Å². The number of rotatable bonds is 1. The molecule has 4 aliphatic heterocycles. The van der Waals surface area contributed by atoms with E-state index in [-0.39, 0.29) is 16.8 Å². The maximum absolute atomic E-state index is 13.2. The van der Waals surface area contributed by atoms with Gasteiger partial charge >= 0.3 is 6.03 Å². The van der Waals surface area contributed by atoms with Crippen LogP contribution in [0.3, 0.4) is 0 Å². The standard InChI is InChI=1S/C23H31N5O4S/c29-22(25-13-15-27(16-14-25)23(30)26-10-4-2-5-11-26)18-8-9-19-20(17-18)33(31,32)24-21-7-3-1-6-12-28(19)21/h8-9,17H,1-7,10-16H2. The number of hydrogen-bond acceptors (Lipinski definition) is 5. The number of urea groups is 1. The Morgan fingerprint density at radius 1 is 0.758 bits per heavy atom. The van der Waals surface area contributed by atoms with Crippen molar-refractivity contribution >= 4 is 33.5 Å². The molecule has 4 heterocycles. The molecule has 0 atom stereocenters. The molecule has 0 radical (unpaired) electrons. The number of hydrogen-bond donors (Lipinski definition) is 0. The second-order valence-corrected chi connectivity index (χ2v) is 10.8. The molecule has 0 unspecified atom stereocenters. The number of carbonyl (C=O) groups excluding carboxylic acids is 2. The molecule has 3 fully saturated rings. The summed E-state index contributed by atoms with van der Waals surface area (Å²) >= 11 is 0. The number of amides is 3. The number of nitrogens with zero attached hydrogens (tertiary/aromatic N) is 5. The molecular weight excluding hydrogens is 442 g/mol. The van der Waals surface area contributed by atoms with Gasteiger partial charge in [-0.05, 0) is 50.3 Å². The number of piperazine rings is 1. The summed E-state index contributed by atoms with van der Waals surface area (Å²) < 4.78 is 29.8. The Kier molecular flexibility index (Phi) is 6.03. The molecule has 1 aromatic carbocycles. The van der Waals surface area contributed by atoms with Gasteiger partial charge in [-0.3, -0.25) is 4.79 Å². The fourth-order valence-electron chi connectivity index (χ4n) is 5.18. The van der Waals surface area contributed by atoms with Gasteiger partial charge in [0.1, 0.15) is 10.7 Å². The zero-order valence-electron chi connectivity index (χ0n) is 18.9. The molecule has 178 valence electrons. The highest BCUT2D eigenvalue weighted by Crippen LogP contribution is 2.35. The second kappa shape index (κ2) is 8.96. The Balaban J connectivity index is 1.29. The topological polar surface area (TPSA) is 93.6 Å². The van der Waals surface area contributed by atoms with Crippen LogP contribution in [-0.4, -0.2) is 86.7 Å². The van der Waals surface area contributed by atoms with Crippen molar-refractivity contribution in [1.29, 1.82) is 0 Å². The molecule has 1 aromatic rings. The molecule has 33 heavy (non-hydrogen) atoms. The van der Waals surface area contributed by atoms with Gasteiger partial charge in [-0.1, -0.05) is 6.42 Å². The molecule has 0 aliphatic carbocycles. The van der Waals surface area contributed by atoms with E-state index in [4.69, 9.17) is 0 Å². The van der Waals surface area contributed by atoms with Gasteiger partial charge in [0.05, 0.1) is 5.69 Å². The van der Waals surface area contributed by atoms with Crippen LogP contribution >= 0.6 is 0 Å². The number of piperidine rings is 1. The predicted octanol–water partition coefficient (Wildman–Crippen LogP) is 2.53. The quantitative estimate of drug-likeness (QED) is 0.625. The van der Waals surface area contributed by atoms with E-state index in [1.54, 1.807) is 17.0 Å². The Morgan fingerprint density at radius 2 is 1.39 bits per heavy atom. The van der Waals surface area contributed by atoms with Crippen LogP contribution in [-0.2, 0) is 10.0 Å². The van der Waals surface area contributed by atoms with E-state index < -0.39 is 10.0 Å². The van der Waals surface area contributed by atoms with E-state index in [1.807, 2.05) is 14.7 Å². The SMILES string of the molecule is O=C(c1ccc2c(c1)S(=O)(=O)N=C1CCCCCN12)N1CCN(C(=O)N2CCCCC2)CC1. The van der Waals surface area contributed by atoms with E-state index in [0.717, 1.165) is 51.7 Å². The first-order valence-electron chi connectivity index (χ1n) is 12.0. The highest BCUT2D eigenvalue weighted by Gasteiger charge is 2.33. The lowest BCUT2D eigenvalue weighted by molar-refractivity contribution is 0.0632. The fourth-order valence-corrected chi connectivity index (χ4v) is 6.47. The van der Waals surface area contributed by atoms with E-state index in [2.05, 4.69) is 4.40 Å². The van der Waals surface area contributed by atoms with Crippen molar-refractivity contribution in [1.82, 2.24) is 14.7 Å². The van der Waals surface area contributed by atoms with E-state index in [9.17, 15) is 18.0 Å². The predicted molar refractivity (Wildman–Crippen MR) is 125 cm³/mol. The average molecular weight is 474 g/mol. The summed E-state index contributed by atoms with van der Waals surface area (Å²) in [4.78, 5) is 33.5. The van der Waals surface area contributed by atoms with Gasteiger partial charge in [0, 0.05) is 57.8 Å². The highest BCUT2D eigenvalue weighted by atomic mass is 32.2. The van der Waals surface area contributed by atoms with E-state index >= 15 is 0 Å². The van der Waals surface area contributed by atoms with Crippen LogP contribution < -0.4 is 4.90 Å². The zero-order valence-corrected chi connectivity index (χ0v) is 19.7. The number of benzene rings is 1. The second-order valence-electron chi connectivity index (χ2n) is 9.24. The van der Waals surface area contributed by atoms with Gasteiger partial charge < -0.3 is 19.6 Å². The van der Waals surface area contributed by atoms with Crippen molar-refractivity contribution in [2.75, 3.05) is 50.7 Å². The summed E-state index contributed by atoms with van der Waals surface area (Å²) in [6, 6.07) is 5.00. The van der Waals surface area contributed by atoms with Crippen LogP contribution in [0.1, 0.15) is 55.3 Å². The minimum absolute atomic E-state index is 0.0628. The van der Waals surface area contributed by atoms with Gasteiger partial charge in [0.25, 0.3) is 15.9 Å². The van der Waals surface area contributed by atoms with Crippen LogP contribution in [0.5, 0.6) is 0 Å². The van der Waals surface area contributed by atoms with E-state index in [0.29, 0.717) is 49.7 Å². The van der Waals surface area contributed by atoms with Gasteiger partial charge in [0.15, 0.2) is 0 Å². The van der Waals surface area contributed by atoms with Crippen molar-refractivity contribution < 1.29 is 18.0 Å². The highest BCUT2D eigenvalue weighted by molar-refractivity contribution is 7.90. The molecule has 3 saturated heterocycles. The van der Waals surface area contributed by atoms with Crippen LogP contribution in [0.15, 0.2) is 27.5 Å². The zero-order chi connectivity index (χ0) is 23.0. The van der Waals surface area contributed by atoms with Crippen molar-refractivity contribution in [3.63, 3.8) is 0 Å². The minimum atomic E-state index is -3.83. The van der Waals surface area contributed by atoms with Crippen molar-refractivity contribution in [3.8, 4) is 0 Å².